The Bertz CT molecular complexity index is 753. The third kappa shape index (κ3) is 5.11. The maximum atomic E-state index is 12.3. The van der Waals surface area contributed by atoms with Crippen molar-refractivity contribution in [2.75, 3.05) is 0 Å². The number of benzene rings is 2. The smallest absolute Gasteiger partial charge is 0.355 e. The highest BCUT2D eigenvalue weighted by Crippen LogP contribution is 2.25. The summed E-state index contributed by atoms with van der Waals surface area (Å²) in [6, 6.07) is 14.1. The highest BCUT2D eigenvalue weighted by Gasteiger charge is 2.15. The molecule has 0 radical (unpaired) electrons. The molecule has 0 heterocycles. The molecule has 0 unspecified atom stereocenters. The van der Waals surface area contributed by atoms with Crippen LogP contribution in [0.2, 0.25) is 10.0 Å². The van der Waals surface area contributed by atoms with E-state index >= 15 is 0 Å². The molecule has 1 N–H and O–H groups in total. The average molecular weight is 364 g/mol. The SMILES string of the molecule is CC(=O)N/C(=C\c1ccccc1)C(=O)OCc1c(Cl)cccc1Cl. The van der Waals surface area contributed by atoms with Crippen molar-refractivity contribution in [3.8, 4) is 0 Å². The van der Waals surface area contributed by atoms with Crippen LogP contribution in [-0.2, 0) is 20.9 Å². The highest BCUT2D eigenvalue weighted by molar-refractivity contribution is 6.35. The zero-order chi connectivity index (χ0) is 17.5. The van der Waals surface area contributed by atoms with E-state index in [0.717, 1.165) is 5.56 Å². The Morgan fingerprint density at radius 2 is 1.67 bits per heavy atom. The van der Waals surface area contributed by atoms with Gasteiger partial charge in [-0.3, -0.25) is 4.79 Å². The molecule has 0 bridgehead atoms. The minimum atomic E-state index is -0.676. The van der Waals surface area contributed by atoms with Crippen LogP contribution >= 0.6 is 23.2 Å². The van der Waals surface area contributed by atoms with Crippen LogP contribution in [0.1, 0.15) is 18.1 Å². The monoisotopic (exact) mass is 363 g/mol. The molecule has 4 nitrogen and oxygen atoms in total. The molecule has 0 aliphatic carbocycles. The van der Waals surface area contributed by atoms with Gasteiger partial charge in [0.2, 0.25) is 5.91 Å². The van der Waals surface area contributed by atoms with Gasteiger partial charge in [0.1, 0.15) is 12.3 Å². The number of halogens is 2. The maximum absolute atomic E-state index is 12.3. The topological polar surface area (TPSA) is 55.4 Å². The van der Waals surface area contributed by atoms with E-state index in [2.05, 4.69) is 5.32 Å². The van der Waals surface area contributed by atoms with Gasteiger partial charge < -0.3 is 10.1 Å². The molecule has 0 fully saturated rings. The third-order valence-electron chi connectivity index (χ3n) is 3.05. The second-order valence-corrected chi connectivity index (χ2v) is 5.74. The summed E-state index contributed by atoms with van der Waals surface area (Å²) in [7, 11) is 0. The number of ether oxygens (including phenoxy) is 1. The standard InChI is InChI=1S/C18H15Cl2NO3/c1-12(22)21-17(10-13-6-3-2-4-7-13)18(23)24-11-14-15(19)8-5-9-16(14)20/h2-10H,11H2,1H3,(H,21,22)/b17-10-. The van der Waals surface area contributed by atoms with Gasteiger partial charge in [0.25, 0.3) is 0 Å². The molecule has 0 aliphatic rings. The van der Waals surface area contributed by atoms with Crippen molar-refractivity contribution in [3.63, 3.8) is 0 Å². The summed E-state index contributed by atoms with van der Waals surface area (Å²) in [5, 5.41) is 3.29. The van der Waals surface area contributed by atoms with Gasteiger partial charge in [-0.15, -0.1) is 0 Å². The van der Waals surface area contributed by atoms with Crippen molar-refractivity contribution in [2.24, 2.45) is 0 Å². The molecule has 124 valence electrons. The molecule has 0 saturated carbocycles. The van der Waals surface area contributed by atoms with Crippen LogP contribution in [0.4, 0.5) is 0 Å². The summed E-state index contributed by atoms with van der Waals surface area (Å²) in [6.45, 7) is 1.22. The lowest BCUT2D eigenvalue weighted by molar-refractivity contribution is -0.141. The van der Waals surface area contributed by atoms with Crippen LogP contribution < -0.4 is 5.32 Å². The van der Waals surface area contributed by atoms with Crippen LogP contribution in [0.25, 0.3) is 6.08 Å². The van der Waals surface area contributed by atoms with Gasteiger partial charge in [0.05, 0.1) is 0 Å². The molecule has 24 heavy (non-hydrogen) atoms. The van der Waals surface area contributed by atoms with Crippen molar-refractivity contribution < 1.29 is 14.3 Å². The molecule has 2 rings (SSSR count). The largest absolute Gasteiger partial charge is 0.456 e. The summed E-state index contributed by atoms with van der Waals surface area (Å²) in [5.74, 6) is -1.05. The molecule has 1 amide bonds. The van der Waals surface area contributed by atoms with E-state index < -0.39 is 5.97 Å². The second kappa shape index (κ2) is 8.52. The Morgan fingerprint density at radius 1 is 1.04 bits per heavy atom. The Morgan fingerprint density at radius 3 is 2.25 bits per heavy atom. The fourth-order valence-electron chi connectivity index (χ4n) is 1.94. The Labute approximate surface area is 150 Å². The molecular weight excluding hydrogens is 349 g/mol. The Balaban J connectivity index is 2.16. The molecule has 0 atom stereocenters. The number of hydrogen-bond acceptors (Lipinski definition) is 3. The molecular formula is C18H15Cl2NO3. The van der Waals surface area contributed by atoms with Crippen LogP contribution in [0.5, 0.6) is 0 Å². The van der Waals surface area contributed by atoms with Crippen molar-refractivity contribution in [1.82, 2.24) is 5.32 Å². The summed E-state index contributed by atoms with van der Waals surface area (Å²) in [6.07, 6.45) is 1.54. The van der Waals surface area contributed by atoms with E-state index in [1.807, 2.05) is 18.2 Å². The van der Waals surface area contributed by atoms with E-state index in [0.29, 0.717) is 15.6 Å². The predicted molar refractivity (Wildman–Crippen MR) is 94.5 cm³/mol. The first-order valence-corrected chi connectivity index (χ1v) is 7.87. The second-order valence-electron chi connectivity index (χ2n) is 4.93. The molecule has 2 aromatic rings. The van der Waals surface area contributed by atoms with Crippen LogP contribution in [0.15, 0.2) is 54.2 Å². The van der Waals surface area contributed by atoms with Crippen LogP contribution in [0.3, 0.4) is 0 Å². The van der Waals surface area contributed by atoms with E-state index in [1.54, 1.807) is 30.3 Å². The van der Waals surface area contributed by atoms with Crippen molar-refractivity contribution >= 4 is 41.2 Å². The molecule has 6 heteroatoms. The fraction of sp³-hybridized carbons (Fsp3) is 0.111. The van der Waals surface area contributed by atoms with Gasteiger partial charge in [-0.05, 0) is 23.8 Å². The normalized spacial score (nSPS) is 11.0. The molecule has 0 spiro atoms. The summed E-state index contributed by atoms with van der Waals surface area (Å²) in [5.41, 5.74) is 1.31. The third-order valence-corrected chi connectivity index (χ3v) is 3.76. The van der Waals surface area contributed by atoms with Gasteiger partial charge in [0.15, 0.2) is 0 Å². The molecule has 0 aliphatic heterocycles. The van der Waals surface area contributed by atoms with E-state index in [9.17, 15) is 9.59 Å². The van der Waals surface area contributed by atoms with E-state index in [4.69, 9.17) is 27.9 Å². The minimum Gasteiger partial charge on any atom is -0.456 e. The molecule has 0 aromatic heterocycles. The first-order chi connectivity index (χ1) is 11.5. The zero-order valence-electron chi connectivity index (χ0n) is 12.9. The first kappa shape index (κ1) is 18.0. The average Bonchev–Trinajstić information content (AvgIpc) is 2.54. The number of nitrogens with one attached hydrogen (secondary N) is 1. The van der Waals surface area contributed by atoms with E-state index in [1.165, 1.54) is 13.0 Å². The van der Waals surface area contributed by atoms with Crippen LogP contribution in [0, 0.1) is 0 Å². The lowest BCUT2D eigenvalue weighted by Crippen LogP contribution is -2.26. The number of rotatable bonds is 5. The Hall–Kier alpha value is -2.30. The predicted octanol–water partition coefficient (Wildman–Crippen LogP) is 4.21. The number of amides is 1. The number of carbonyl (C=O) groups is 2. The van der Waals surface area contributed by atoms with Crippen molar-refractivity contribution in [1.29, 1.82) is 0 Å². The molecule has 0 saturated heterocycles. The van der Waals surface area contributed by atoms with E-state index in [-0.39, 0.29) is 18.2 Å². The zero-order valence-corrected chi connectivity index (χ0v) is 14.4. The highest BCUT2D eigenvalue weighted by atomic mass is 35.5. The summed E-state index contributed by atoms with van der Waals surface area (Å²) >= 11 is 12.1. The lowest BCUT2D eigenvalue weighted by atomic mass is 10.2. The van der Waals surface area contributed by atoms with Gasteiger partial charge in [0, 0.05) is 22.5 Å². The quantitative estimate of drug-likeness (QED) is 0.639. The first-order valence-electron chi connectivity index (χ1n) is 7.11. The van der Waals surface area contributed by atoms with Gasteiger partial charge >= 0.3 is 5.97 Å². The number of esters is 1. The van der Waals surface area contributed by atoms with Crippen molar-refractivity contribution in [2.45, 2.75) is 13.5 Å². The van der Waals surface area contributed by atoms with Gasteiger partial charge in [-0.2, -0.15) is 0 Å². The lowest BCUT2D eigenvalue weighted by Gasteiger charge is -2.11. The van der Waals surface area contributed by atoms with Crippen LogP contribution in [-0.4, -0.2) is 11.9 Å². The van der Waals surface area contributed by atoms with Gasteiger partial charge in [-0.25, -0.2) is 4.79 Å². The van der Waals surface area contributed by atoms with Crippen molar-refractivity contribution in [3.05, 3.63) is 75.4 Å². The number of hydrogen-bond donors (Lipinski definition) is 1. The van der Waals surface area contributed by atoms with Gasteiger partial charge in [-0.1, -0.05) is 59.6 Å². The minimum absolute atomic E-state index is 0.0388. The Kier molecular flexibility index (Phi) is 6.41. The summed E-state index contributed by atoms with van der Waals surface area (Å²) < 4.78 is 5.23. The summed E-state index contributed by atoms with van der Waals surface area (Å²) in [4.78, 5) is 23.6. The molecule has 2 aromatic carbocycles. The fourth-order valence-corrected chi connectivity index (χ4v) is 2.44. The maximum Gasteiger partial charge on any atom is 0.355 e. The number of carbonyl (C=O) groups excluding carboxylic acids is 2.